The van der Waals surface area contributed by atoms with Crippen LogP contribution >= 0.6 is 15.8 Å². The van der Waals surface area contributed by atoms with Gasteiger partial charge in [0.05, 0.1) is 0 Å². The van der Waals surface area contributed by atoms with Gasteiger partial charge < -0.3 is 18.6 Å². The molecule has 0 spiro atoms. The van der Waals surface area contributed by atoms with E-state index in [2.05, 4.69) is 182 Å². The topological polar surface area (TPSA) is 36.9 Å². The molecule has 280 valence electrons. The Labute approximate surface area is 354 Å². The van der Waals surface area contributed by atoms with Crippen LogP contribution in [-0.2, 0) is 21.1 Å². The van der Waals surface area contributed by atoms with Gasteiger partial charge in [0.1, 0.15) is 23.0 Å². The van der Waals surface area contributed by atoms with Crippen molar-refractivity contribution in [2.75, 3.05) is 0 Å². The van der Waals surface area contributed by atoms with Crippen molar-refractivity contribution in [3.8, 4) is 23.0 Å². The quantitative estimate of drug-likeness (QED) is 0.123. The summed E-state index contributed by atoms with van der Waals surface area (Å²) in [6.45, 7) is 0. The molecule has 0 unspecified atom stereocenters. The summed E-state index contributed by atoms with van der Waals surface area (Å²) in [6.07, 6.45) is 0. The molecule has 2 radical (unpaired) electrons. The van der Waals surface area contributed by atoms with E-state index in [1.165, 1.54) is 47.2 Å². The first-order chi connectivity index (χ1) is 27.8. The molecule has 57 heavy (non-hydrogen) atoms. The molecule has 0 aromatic heterocycles. The Balaban J connectivity index is 0.000000135. The van der Waals surface area contributed by atoms with Crippen LogP contribution in [0.1, 0.15) is 0 Å². The van der Waals surface area contributed by atoms with Gasteiger partial charge >= 0.3 is 15.4 Å². The summed E-state index contributed by atoms with van der Waals surface area (Å²) < 4.78 is 19.8. The molecule has 0 N–H and O–H groups in total. The first kappa shape index (κ1) is 41.3. The SMILES string of the molecule is [B]1Oc2ccccc2O1.[B]1Oc2ccccc2O1.[Pt].c1ccc(P(c2ccccc2)c2ccccc2)cc1.c1ccc(P(c2ccccc2)c2ccccc2)cc1. The molecule has 0 saturated carbocycles. The second-order valence-electron chi connectivity index (χ2n) is 12.2. The third-order valence-corrected chi connectivity index (χ3v) is 13.4. The minimum atomic E-state index is -0.446. The van der Waals surface area contributed by atoms with Gasteiger partial charge in [-0.1, -0.05) is 206 Å². The third-order valence-electron chi connectivity index (χ3n) is 8.48. The average molecular weight is 957 g/mol. The molecule has 0 saturated heterocycles. The Bertz CT molecular complexity index is 1930. The van der Waals surface area contributed by atoms with E-state index >= 15 is 0 Å². The van der Waals surface area contributed by atoms with E-state index in [1.54, 1.807) is 0 Å². The van der Waals surface area contributed by atoms with Crippen LogP contribution in [0, 0.1) is 0 Å². The molecule has 0 amide bonds. The van der Waals surface area contributed by atoms with Gasteiger partial charge in [-0.05, 0) is 71.9 Å². The summed E-state index contributed by atoms with van der Waals surface area (Å²) in [7, 11) is 1.76. The summed E-state index contributed by atoms with van der Waals surface area (Å²) in [4.78, 5) is 0. The molecule has 2 aliphatic rings. The Morgan fingerprint density at radius 3 is 0.561 bits per heavy atom. The molecule has 0 bridgehead atoms. The maximum Gasteiger partial charge on any atom is 0.658 e. The van der Waals surface area contributed by atoms with Crippen LogP contribution in [0.15, 0.2) is 231 Å². The van der Waals surface area contributed by atoms with Crippen LogP contribution < -0.4 is 50.4 Å². The van der Waals surface area contributed by atoms with Crippen molar-refractivity contribution in [1.82, 2.24) is 0 Å². The number of fused-ring (bicyclic) bond motifs is 2. The maximum atomic E-state index is 4.95. The monoisotopic (exact) mass is 957 g/mol. The van der Waals surface area contributed by atoms with Crippen molar-refractivity contribution in [3.05, 3.63) is 231 Å². The van der Waals surface area contributed by atoms with E-state index in [1.807, 2.05) is 48.5 Å². The number of hydrogen-bond donors (Lipinski definition) is 0. The second-order valence-corrected chi connectivity index (χ2v) is 16.7. The third kappa shape index (κ3) is 11.8. The molecule has 8 aromatic rings. The second kappa shape index (κ2) is 22.4. The minimum absolute atomic E-state index is 0. The molecule has 2 heterocycles. The summed E-state index contributed by atoms with van der Waals surface area (Å²) >= 11 is 0. The average Bonchev–Trinajstić information content (AvgIpc) is 3.98. The van der Waals surface area contributed by atoms with E-state index in [0.717, 1.165) is 23.0 Å². The van der Waals surface area contributed by atoms with Crippen LogP contribution in [0.25, 0.3) is 0 Å². The van der Waals surface area contributed by atoms with Gasteiger partial charge in [0.2, 0.25) is 0 Å². The van der Waals surface area contributed by atoms with Crippen molar-refractivity contribution in [3.63, 3.8) is 0 Å². The van der Waals surface area contributed by atoms with E-state index in [-0.39, 0.29) is 21.1 Å². The fourth-order valence-corrected chi connectivity index (χ4v) is 10.5. The fourth-order valence-electron chi connectivity index (χ4n) is 5.90. The first-order valence-corrected chi connectivity index (χ1v) is 20.9. The van der Waals surface area contributed by atoms with E-state index < -0.39 is 15.8 Å². The van der Waals surface area contributed by atoms with Crippen molar-refractivity contribution in [2.24, 2.45) is 0 Å². The largest absolute Gasteiger partial charge is 0.658 e. The van der Waals surface area contributed by atoms with Gasteiger partial charge in [0.15, 0.2) is 0 Å². The molecule has 8 aromatic carbocycles. The smallest absolute Gasteiger partial charge is 0.524 e. The van der Waals surface area contributed by atoms with Crippen LogP contribution in [0.5, 0.6) is 23.0 Å². The summed E-state index contributed by atoms with van der Waals surface area (Å²) in [5.41, 5.74) is 0. The normalized spacial score (nSPS) is 11.1. The molecule has 2 aliphatic heterocycles. The Morgan fingerprint density at radius 1 is 0.228 bits per heavy atom. The number of benzene rings is 8. The molecule has 9 heteroatoms. The van der Waals surface area contributed by atoms with Crippen LogP contribution in [-0.4, -0.2) is 15.4 Å². The Morgan fingerprint density at radius 2 is 0.386 bits per heavy atom. The van der Waals surface area contributed by atoms with Crippen molar-refractivity contribution in [2.45, 2.75) is 0 Å². The predicted octanol–water partition coefficient (Wildman–Crippen LogP) is 8.87. The zero-order valence-corrected chi connectivity index (χ0v) is 35.0. The molecular formula is C48H38B2O4P2Pt. The zero-order chi connectivity index (χ0) is 38.0. The summed E-state index contributed by atoms with van der Waals surface area (Å²) in [5.74, 6) is 3.16. The van der Waals surface area contributed by atoms with Gasteiger partial charge in [-0.3, -0.25) is 0 Å². The maximum absolute atomic E-state index is 4.95. The summed E-state index contributed by atoms with van der Waals surface area (Å²) in [5, 5.41) is 8.39. The van der Waals surface area contributed by atoms with Gasteiger partial charge in [0, 0.05) is 21.1 Å². The van der Waals surface area contributed by atoms with Gasteiger partial charge in [-0.2, -0.15) is 0 Å². The van der Waals surface area contributed by atoms with Gasteiger partial charge in [-0.25, -0.2) is 0 Å². The van der Waals surface area contributed by atoms with Gasteiger partial charge in [0.25, 0.3) is 0 Å². The Hall–Kier alpha value is -5.36. The number of hydrogen-bond acceptors (Lipinski definition) is 4. The van der Waals surface area contributed by atoms with Crippen molar-refractivity contribution in [1.29, 1.82) is 0 Å². The molecular weight excluding hydrogens is 919 g/mol. The summed E-state index contributed by atoms with van der Waals surface area (Å²) in [6, 6.07) is 79.7. The molecule has 0 aliphatic carbocycles. The van der Waals surface area contributed by atoms with Crippen LogP contribution in [0.3, 0.4) is 0 Å². The van der Waals surface area contributed by atoms with Crippen molar-refractivity contribution < 1.29 is 39.7 Å². The fraction of sp³-hybridized carbons (Fsp3) is 0. The molecule has 10 rings (SSSR count). The predicted molar refractivity (Wildman–Crippen MR) is 237 cm³/mol. The van der Waals surface area contributed by atoms with Crippen LogP contribution in [0.2, 0.25) is 0 Å². The molecule has 4 nitrogen and oxygen atoms in total. The van der Waals surface area contributed by atoms with E-state index in [9.17, 15) is 0 Å². The zero-order valence-electron chi connectivity index (χ0n) is 30.9. The molecule has 0 atom stereocenters. The number of rotatable bonds is 6. The van der Waals surface area contributed by atoms with Crippen molar-refractivity contribution >= 4 is 63.0 Å². The standard InChI is InChI=1S/2C18H15P.2C6H4BO2.Pt/c2*1-4-10-16(11-5-1)19(17-12-6-2-7-13-17)18-14-8-3-9-15-18;2*1-2-4-6-5(3-1)8-7-9-6;/h2*1-15H;2*1-4H;. The van der Waals surface area contributed by atoms with Gasteiger partial charge in [-0.15, -0.1) is 0 Å². The molecule has 0 fully saturated rings. The number of para-hydroxylation sites is 4. The van der Waals surface area contributed by atoms with Crippen LogP contribution in [0.4, 0.5) is 0 Å². The Kier molecular flexibility index (Phi) is 16.2. The van der Waals surface area contributed by atoms with E-state index in [0.29, 0.717) is 0 Å². The minimum Gasteiger partial charge on any atom is -0.524 e. The first-order valence-electron chi connectivity index (χ1n) is 18.2. The van der Waals surface area contributed by atoms with E-state index in [4.69, 9.17) is 18.6 Å².